The standard InChI is InChI=1S/C31H35Cl2N7O/c1-38(30(41)19-40-15-13-23(14-16-40)36-26-10-8-22(32)17-25(26)33)24-9-11-28-27(18-24)37-29(39(28)2)12-5-20-3-6-21(7-4-20)31(34)35/h3-4,6-11,17-18,23,36H,5,12-16,19H2,1-2H3,(H3,34,35). The van der Waals surface area contributed by atoms with E-state index < -0.39 is 0 Å². The van der Waals surface area contributed by atoms with Gasteiger partial charge in [-0.2, -0.15) is 0 Å². The van der Waals surface area contributed by atoms with Crippen molar-refractivity contribution in [3.8, 4) is 0 Å². The zero-order valence-corrected chi connectivity index (χ0v) is 24.8. The van der Waals surface area contributed by atoms with Gasteiger partial charge in [-0.05, 0) is 61.2 Å². The lowest BCUT2D eigenvalue weighted by Gasteiger charge is -2.33. The van der Waals surface area contributed by atoms with Crippen LogP contribution in [-0.4, -0.2) is 58.9 Å². The number of carbonyl (C=O) groups is 1. The van der Waals surface area contributed by atoms with Crippen molar-refractivity contribution >= 4 is 57.4 Å². The predicted molar refractivity (Wildman–Crippen MR) is 169 cm³/mol. The summed E-state index contributed by atoms with van der Waals surface area (Å²) in [7, 11) is 3.85. The fourth-order valence-corrected chi connectivity index (χ4v) is 5.74. The molecule has 1 amide bonds. The molecule has 0 aliphatic carbocycles. The summed E-state index contributed by atoms with van der Waals surface area (Å²) in [5.74, 6) is 1.11. The number of amides is 1. The lowest BCUT2D eigenvalue weighted by Crippen LogP contribution is -2.44. The Bertz CT molecular complexity index is 1560. The first-order valence-electron chi connectivity index (χ1n) is 13.8. The molecule has 1 aliphatic heterocycles. The Morgan fingerprint density at radius 2 is 1.80 bits per heavy atom. The molecule has 0 radical (unpaired) electrons. The maximum atomic E-state index is 13.2. The molecule has 0 saturated carbocycles. The molecule has 1 aromatic heterocycles. The molecule has 4 N–H and O–H groups in total. The van der Waals surface area contributed by atoms with E-state index in [1.54, 1.807) is 11.0 Å². The highest BCUT2D eigenvalue weighted by molar-refractivity contribution is 6.36. The highest BCUT2D eigenvalue weighted by atomic mass is 35.5. The highest BCUT2D eigenvalue weighted by Crippen LogP contribution is 2.28. The van der Waals surface area contributed by atoms with Gasteiger partial charge in [0.1, 0.15) is 11.7 Å². The number of anilines is 2. The van der Waals surface area contributed by atoms with Gasteiger partial charge in [0.15, 0.2) is 0 Å². The number of imidazole rings is 1. The van der Waals surface area contributed by atoms with Crippen molar-refractivity contribution in [2.24, 2.45) is 12.8 Å². The molecule has 0 atom stereocenters. The molecule has 0 bridgehead atoms. The summed E-state index contributed by atoms with van der Waals surface area (Å²) >= 11 is 12.3. The van der Waals surface area contributed by atoms with E-state index in [0.717, 1.165) is 72.6 Å². The lowest BCUT2D eigenvalue weighted by molar-refractivity contribution is -0.119. The number of aryl methyl sites for hydroxylation is 3. The van der Waals surface area contributed by atoms with Crippen LogP contribution >= 0.6 is 23.2 Å². The summed E-state index contributed by atoms with van der Waals surface area (Å²) in [4.78, 5) is 22.0. The summed E-state index contributed by atoms with van der Waals surface area (Å²) in [6.07, 6.45) is 3.47. The van der Waals surface area contributed by atoms with E-state index in [9.17, 15) is 4.79 Å². The molecule has 1 saturated heterocycles. The Morgan fingerprint density at radius 1 is 1.07 bits per heavy atom. The second-order valence-corrected chi connectivity index (χ2v) is 11.5. The summed E-state index contributed by atoms with van der Waals surface area (Å²) in [6, 6.07) is 19.6. The number of rotatable bonds is 9. The summed E-state index contributed by atoms with van der Waals surface area (Å²) in [5, 5.41) is 12.3. The molecule has 0 spiro atoms. The number of nitrogens with two attached hydrogens (primary N) is 1. The number of likely N-dealkylation sites (N-methyl/N-ethyl adjacent to an activating group) is 1. The fraction of sp³-hybridized carbons (Fsp3) is 0.323. The Balaban J connectivity index is 1.16. The second kappa shape index (κ2) is 12.5. The lowest BCUT2D eigenvalue weighted by atomic mass is 10.0. The van der Waals surface area contributed by atoms with Gasteiger partial charge in [-0.25, -0.2) is 4.98 Å². The SMILES string of the molecule is CN(C(=O)CN1CCC(Nc2ccc(Cl)cc2Cl)CC1)c1ccc2c(c1)nc(CCc1ccc(C(=N)N)cc1)n2C. The van der Waals surface area contributed by atoms with E-state index in [0.29, 0.717) is 22.6 Å². The van der Waals surface area contributed by atoms with Gasteiger partial charge in [-0.15, -0.1) is 0 Å². The quantitative estimate of drug-likeness (QED) is 0.176. The number of piperidine rings is 1. The number of nitrogen functional groups attached to an aromatic ring is 1. The molecular weight excluding hydrogens is 557 g/mol. The first-order valence-corrected chi connectivity index (χ1v) is 14.5. The number of halogens is 2. The van der Waals surface area contributed by atoms with Gasteiger partial charge < -0.3 is 20.5 Å². The molecule has 214 valence electrons. The number of likely N-dealkylation sites (tertiary alicyclic amines) is 1. The predicted octanol–water partition coefficient (Wildman–Crippen LogP) is 5.49. The molecule has 41 heavy (non-hydrogen) atoms. The number of aromatic nitrogens is 2. The molecule has 2 heterocycles. The van der Waals surface area contributed by atoms with Crippen LogP contribution < -0.4 is 16.0 Å². The number of fused-ring (bicyclic) bond motifs is 1. The largest absolute Gasteiger partial charge is 0.384 e. The van der Waals surface area contributed by atoms with Crippen LogP contribution in [-0.2, 0) is 24.7 Å². The van der Waals surface area contributed by atoms with E-state index in [4.69, 9.17) is 39.3 Å². The van der Waals surface area contributed by atoms with E-state index in [1.165, 1.54) is 5.56 Å². The third kappa shape index (κ3) is 6.84. The third-order valence-electron chi connectivity index (χ3n) is 7.86. The van der Waals surface area contributed by atoms with E-state index in [2.05, 4.69) is 14.8 Å². The van der Waals surface area contributed by atoms with Crippen LogP contribution in [0.3, 0.4) is 0 Å². The van der Waals surface area contributed by atoms with Crippen molar-refractivity contribution in [2.75, 3.05) is 36.9 Å². The molecular formula is C31H35Cl2N7O. The molecule has 1 aliphatic rings. The Hall–Kier alpha value is -3.59. The van der Waals surface area contributed by atoms with Crippen molar-refractivity contribution < 1.29 is 4.79 Å². The van der Waals surface area contributed by atoms with Gasteiger partial charge in [-0.3, -0.25) is 15.1 Å². The van der Waals surface area contributed by atoms with Gasteiger partial charge in [0, 0.05) is 55.9 Å². The highest BCUT2D eigenvalue weighted by Gasteiger charge is 2.23. The van der Waals surface area contributed by atoms with Crippen LogP contribution in [0.5, 0.6) is 0 Å². The number of amidine groups is 1. The monoisotopic (exact) mass is 591 g/mol. The molecule has 3 aromatic carbocycles. The van der Waals surface area contributed by atoms with Crippen molar-refractivity contribution in [3.05, 3.63) is 87.7 Å². The maximum absolute atomic E-state index is 13.2. The number of hydrogen-bond donors (Lipinski definition) is 3. The first kappa shape index (κ1) is 28.9. The minimum atomic E-state index is 0.0571. The van der Waals surface area contributed by atoms with Crippen LogP contribution in [0.15, 0.2) is 60.7 Å². The van der Waals surface area contributed by atoms with Gasteiger partial charge in [0.25, 0.3) is 0 Å². The second-order valence-electron chi connectivity index (χ2n) is 10.6. The van der Waals surface area contributed by atoms with Crippen LogP contribution in [0.4, 0.5) is 11.4 Å². The minimum Gasteiger partial charge on any atom is -0.384 e. The van der Waals surface area contributed by atoms with Crippen molar-refractivity contribution in [1.82, 2.24) is 14.5 Å². The van der Waals surface area contributed by atoms with E-state index in [-0.39, 0.29) is 11.7 Å². The third-order valence-corrected chi connectivity index (χ3v) is 8.41. The Labute approximate surface area is 250 Å². The summed E-state index contributed by atoms with van der Waals surface area (Å²) in [6.45, 7) is 2.05. The minimum absolute atomic E-state index is 0.0571. The summed E-state index contributed by atoms with van der Waals surface area (Å²) < 4.78 is 2.11. The smallest absolute Gasteiger partial charge is 0.240 e. The van der Waals surface area contributed by atoms with Crippen LogP contribution in [0.25, 0.3) is 11.0 Å². The number of benzene rings is 3. The zero-order valence-electron chi connectivity index (χ0n) is 23.3. The first-order chi connectivity index (χ1) is 19.7. The van der Waals surface area contributed by atoms with Gasteiger partial charge in [0.2, 0.25) is 5.91 Å². The topological polar surface area (TPSA) is 103 Å². The van der Waals surface area contributed by atoms with Crippen molar-refractivity contribution in [3.63, 3.8) is 0 Å². The van der Waals surface area contributed by atoms with Crippen LogP contribution in [0.1, 0.15) is 29.8 Å². The molecule has 10 heteroatoms. The van der Waals surface area contributed by atoms with Crippen molar-refractivity contribution in [2.45, 2.75) is 31.7 Å². The number of carbonyl (C=O) groups excluding carboxylic acids is 1. The summed E-state index contributed by atoms with van der Waals surface area (Å²) in [5.41, 5.74) is 11.1. The number of hydrogen-bond acceptors (Lipinski definition) is 5. The maximum Gasteiger partial charge on any atom is 0.240 e. The zero-order chi connectivity index (χ0) is 29.1. The molecule has 5 rings (SSSR count). The van der Waals surface area contributed by atoms with Crippen molar-refractivity contribution in [1.29, 1.82) is 5.41 Å². The Morgan fingerprint density at radius 3 is 2.49 bits per heavy atom. The normalized spacial score (nSPS) is 14.3. The van der Waals surface area contributed by atoms with Crippen LogP contribution in [0, 0.1) is 5.41 Å². The fourth-order valence-electron chi connectivity index (χ4n) is 5.28. The molecule has 0 unspecified atom stereocenters. The average molecular weight is 593 g/mol. The number of nitrogens with zero attached hydrogens (tertiary/aromatic N) is 4. The van der Waals surface area contributed by atoms with Gasteiger partial charge in [0.05, 0.1) is 28.3 Å². The average Bonchev–Trinajstić information content (AvgIpc) is 3.28. The molecule has 4 aromatic rings. The van der Waals surface area contributed by atoms with Gasteiger partial charge in [-0.1, -0.05) is 47.5 Å². The van der Waals surface area contributed by atoms with E-state index in [1.807, 2.05) is 68.7 Å². The molecule has 8 nitrogen and oxygen atoms in total. The van der Waals surface area contributed by atoms with Gasteiger partial charge >= 0.3 is 0 Å². The van der Waals surface area contributed by atoms with Crippen LogP contribution in [0.2, 0.25) is 10.0 Å². The number of nitrogens with one attached hydrogen (secondary N) is 2. The Kier molecular flexibility index (Phi) is 8.82. The van der Waals surface area contributed by atoms with E-state index >= 15 is 0 Å². The molecule has 1 fully saturated rings.